The Morgan fingerprint density at radius 2 is 1.89 bits per heavy atom. The van der Waals surface area contributed by atoms with E-state index < -0.39 is 5.92 Å². The number of hydrogen-bond acceptors (Lipinski definition) is 4. The van der Waals surface area contributed by atoms with Crippen LogP contribution in [0.25, 0.3) is 0 Å². The highest BCUT2D eigenvalue weighted by atomic mass is 16.5. The number of benzene rings is 2. The zero-order valence-electron chi connectivity index (χ0n) is 15.2. The molecule has 1 atom stereocenters. The summed E-state index contributed by atoms with van der Waals surface area (Å²) < 4.78 is 5.24. The molecule has 0 radical (unpaired) electrons. The second-order valence-electron chi connectivity index (χ2n) is 6.33. The van der Waals surface area contributed by atoms with E-state index >= 15 is 0 Å². The van der Waals surface area contributed by atoms with Gasteiger partial charge in [-0.05, 0) is 30.3 Å². The summed E-state index contributed by atoms with van der Waals surface area (Å²) >= 11 is 0. The molecule has 0 unspecified atom stereocenters. The molecule has 0 spiro atoms. The molecule has 0 bridgehead atoms. The number of rotatable bonds is 5. The molecule has 27 heavy (non-hydrogen) atoms. The second-order valence-corrected chi connectivity index (χ2v) is 6.33. The summed E-state index contributed by atoms with van der Waals surface area (Å²) in [7, 11) is 1.54. The second kappa shape index (κ2) is 7.90. The summed E-state index contributed by atoms with van der Waals surface area (Å²) in [6, 6.07) is 14.1. The number of ether oxygens (including phenoxy) is 1. The molecule has 1 fully saturated rings. The first kappa shape index (κ1) is 18.4. The molecular weight excluding hydrogens is 346 g/mol. The van der Waals surface area contributed by atoms with Crippen molar-refractivity contribution in [2.75, 3.05) is 29.2 Å². The lowest BCUT2D eigenvalue weighted by molar-refractivity contribution is -0.122. The topological polar surface area (TPSA) is 87.7 Å². The molecule has 0 saturated carbocycles. The smallest absolute Gasteiger partial charge is 0.229 e. The van der Waals surface area contributed by atoms with Crippen LogP contribution in [0.2, 0.25) is 0 Å². The number of anilines is 3. The molecule has 2 N–H and O–H groups in total. The van der Waals surface area contributed by atoms with E-state index in [1.807, 2.05) is 6.07 Å². The maximum absolute atomic E-state index is 12.6. The van der Waals surface area contributed by atoms with Crippen molar-refractivity contribution in [3.8, 4) is 5.75 Å². The molecule has 1 heterocycles. The Balaban J connectivity index is 1.71. The number of para-hydroxylation sites is 2. The quantitative estimate of drug-likeness (QED) is 0.850. The largest absolute Gasteiger partial charge is 0.495 e. The van der Waals surface area contributed by atoms with Crippen LogP contribution in [0.15, 0.2) is 48.5 Å². The lowest BCUT2D eigenvalue weighted by atomic mass is 10.1. The van der Waals surface area contributed by atoms with Crippen molar-refractivity contribution in [3.05, 3.63) is 48.5 Å². The fraction of sp³-hybridized carbons (Fsp3) is 0.250. The van der Waals surface area contributed by atoms with E-state index in [9.17, 15) is 14.4 Å². The van der Waals surface area contributed by atoms with Crippen LogP contribution < -0.4 is 20.3 Å². The molecular formula is C20H21N3O4. The van der Waals surface area contributed by atoms with Crippen LogP contribution in [0.3, 0.4) is 0 Å². The molecule has 1 saturated heterocycles. The molecule has 7 nitrogen and oxygen atoms in total. The summed E-state index contributed by atoms with van der Waals surface area (Å²) in [5.41, 5.74) is 1.83. The monoisotopic (exact) mass is 367 g/mol. The van der Waals surface area contributed by atoms with Gasteiger partial charge < -0.3 is 20.3 Å². The van der Waals surface area contributed by atoms with E-state index in [1.165, 1.54) is 14.0 Å². The number of nitrogens with one attached hydrogen (secondary N) is 2. The van der Waals surface area contributed by atoms with E-state index in [0.29, 0.717) is 22.8 Å². The van der Waals surface area contributed by atoms with Gasteiger partial charge in [0.05, 0.1) is 18.7 Å². The third-order valence-corrected chi connectivity index (χ3v) is 4.34. The zero-order chi connectivity index (χ0) is 19.4. The molecule has 1 aliphatic rings. The SMILES string of the molecule is COc1ccccc1NC(=O)[C@@H]1CC(=O)N(c2cccc(NC(C)=O)c2)C1. The predicted octanol–water partition coefficient (Wildman–Crippen LogP) is 2.65. The molecule has 0 aliphatic carbocycles. The standard InChI is InChI=1S/C20H21N3O4/c1-13(24)21-15-6-5-7-16(11-15)23-12-14(10-19(23)25)20(26)22-17-8-3-4-9-18(17)27-2/h3-9,11,14H,10,12H2,1-2H3,(H,21,24)(H,22,26)/t14-/m1/s1. The zero-order valence-corrected chi connectivity index (χ0v) is 15.2. The van der Waals surface area contributed by atoms with E-state index in [-0.39, 0.29) is 30.7 Å². The molecule has 3 rings (SSSR count). The Labute approximate surface area is 157 Å². The average Bonchev–Trinajstić information content (AvgIpc) is 3.04. The van der Waals surface area contributed by atoms with Crippen LogP contribution in [0.4, 0.5) is 17.1 Å². The van der Waals surface area contributed by atoms with Gasteiger partial charge in [-0.25, -0.2) is 0 Å². The lowest BCUT2D eigenvalue weighted by Gasteiger charge is -2.18. The fourth-order valence-corrected chi connectivity index (χ4v) is 3.07. The Kier molecular flexibility index (Phi) is 5.40. The minimum absolute atomic E-state index is 0.129. The van der Waals surface area contributed by atoms with Crippen molar-refractivity contribution in [2.45, 2.75) is 13.3 Å². The molecule has 1 aliphatic heterocycles. The van der Waals surface area contributed by atoms with Gasteiger partial charge in [0.2, 0.25) is 17.7 Å². The number of hydrogen-bond donors (Lipinski definition) is 2. The van der Waals surface area contributed by atoms with Gasteiger partial charge >= 0.3 is 0 Å². The predicted molar refractivity (Wildman–Crippen MR) is 103 cm³/mol. The summed E-state index contributed by atoms with van der Waals surface area (Å²) in [5, 5.41) is 5.53. The Morgan fingerprint density at radius 3 is 2.63 bits per heavy atom. The Morgan fingerprint density at radius 1 is 1.11 bits per heavy atom. The van der Waals surface area contributed by atoms with Crippen molar-refractivity contribution in [1.29, 1.82) is 0 Å². The van der Waals surface area contributed by atoms with Gasteiger partial charge in [-0.2, -0.15) is 0 Å². The molecule has 140 valence electrons. The normalized spacial score (nSPS) is 16.1. The maximum atomic E-state index is 12.6. The van der Waals surface area contributed by atoms with Gasteiger partial charge in [0.25, 0.3) is 0 Å². The van der Waals surface area contributed by atoms with Crippen molar-refractivity contribution in [2.24, 2.45) is 5.92 Å². The van der Waals surface area contributed by atoms with Crippen molar-refractivity contribution in [3.63, 3.8) is 0 Å². The minimum atomic E-state index is -0.466. The van der Waals surface area contributed by atoms with Gasteiger partial charge in [-0.1, -0.05) is 18.2 Å². The summed E-state index contributed by atoms with van der Waals surface area (Å²) in [5.74, 6) is -0.445. The molecule has 3 amide bonds. The molecule has 0 aromatic heterocycles. The Bertz CT molecular complexity index is 881. The van der Waals surface area contributed by atoms with E-state index in [4.69, 9.17) is 4.74 Å². The first-order valence-electron chi connectivity index (χ1n) is 8.60. The number of amides is 3. The number of carbonyl (C=O) groups excluding carboxylic acids is 3. The Hall–Kier alpha value is -3.35. The van der Waals surface area contributed by atoms with Crippen molar-refractivity contribution in [1.82, 2.24) is 0 Å². The summed E-state index contributed by atoms with van der Waals surface area (Å²) in [4.78, 5) is 37.8. The molecule has 2 aromatic carbocycles. The van der Waals surface area contributed by atoms with Crippen LogP contribution in [0, 0.1) is 5.92 Å². The summed E-state index contributed by atoms with van der Waals surface area (Å²) in [6.45, 7) is 1.70. The van der Waals surface area contributed by atoms with Gasteiger partial charge in [0.15, 0.2) is 0 Å². The minimum Gasteiger partial charge on any atom is -0.495 e. The van der Waals surface area contributed by atoms with Gasteiger partial charge in [-0.15, -0.1) is 0 Å². The lowest BCUT2D eigenvalue weighted by Crippen LogP contribution is -2.28. The van der Waals surface area contributed by atoms with E-state index in [2.05, 4.69) is 10.6 Å². The van der Waals surface area contributed by atoms with Crippen molar-refractivity contribution < 1.29 is 19.1 Å². The van der Waals surface area contributed by atoms with Crippen LogP contribution in [0.5, 0.6) is 5.75 Å². The molecule has 2 aromatic rings. The van der Waals surface area contributed by atoms with Crippen LogP contribution in [-0.4, -0.2) is 31.4 Å². The maximum Gasteiger partial charge on any atom is 0.229 e. The van der Waals surface area contributed by atoms with Crippen LogP contribution in [0.1, 0.15) is 13.3 Å². The van der Waals surface area contributed by atoms with E-state index in [0.717, 1.165) is 0 Å². The molecule has 7 heteroatoms. The number of methoxy groups -OCH3 is 1. The highest BCUT2D eigenvalue weighted by Crippen LogP contribution is 2.29. The third-order valence-electron chi connectivity index (χ3n) is 4.34. The first-order chi connectivity index (χ1) is 13.0. The van der Waals surface area contributed by atoms with Crippen molar-refractivity contribution >= 4 is 34.8 Å². The highest BCUT2D eigenvalue weighted by molar-refractivity contribution is 6.04. The third kappa shape index (κ3) is 4.25. The summed E-state index contributed by atoms with van der Waals surface area (Å²) in [6.07, 6.45) is 0.130. The van der Waals surface area contributed by atoms with Gasteiger partial charge in [0.1, 0.15) is 5.75 Å². The first-order valence-corrected chi connectivity index (χ1v) is 8.60. The van der Waals surface area contributed by atoms with Gasteiger partial charge in [0, 0.05) is 31.3 Å². The van der Waals surface area contributed by atoms with Gasteiger partial charge in [-0.3, -0.25) is 14.4 Å². The number of nitrogens with zero attached hydrogens (tertiary/aromatic N) is 1. The average molecular weight is 367 g/mol. The highest BCUT2D eigenvalue weighted by Gasteiger charge is 2.35. The van der Waals surface area contributed by atoms with Crippen LogP contribution >= 0.6 is 0 Å². The fourth-order valence-electron chi connectivity index (χ4n) is 3.07. The van der Waals surface area contributed by atoms with E-state index in [1.54, 1.807) is 47.4 Å². The number of carbonyl (C=O) groups is 3. The van der Waals surface area contributed by atoms with Crippen LogP contribution in [-0.2, 0) is 14.4 Å².